The van der Waals surface area contributed by atoms with Crippen LogP contribution < -0.4 is 5.73 Å². The van der Waals surface area contributed by atoms with Gasteiger partial charge in [-0.25, -0.2) is 9.50 Å². The Morgan fingerprint density at radius 3 is 2.78 bits per heavy atom. The van der Waals surface area contributed by atoms with Crippen molar-refractivity contribution in [2.75, 3.05) is 5.73 Å². The van der Waals surface area contributed by atoms with Gasteiger partial charge in [-0.3, -0.25) is 0 Å². The number of nitrogens with zero attached hydrogens (tertiary/aromatic N) is 3. The van der Waals surface area contributed by atoms with E-state index in [1.807, 2.05) is 25.4 Å². The van der Waals surface area contributed by atoms with Crippen molar-refractivity contribution in [2.24, 2.45) is 0 Å². The Bertz CT molecular complexity index is 728. The van der Waals surface area contributed by atoms with Gasteiger partial charge in [0, 0.05) is 18.0 Å². The van der Waals surface area contributed by atoms with Gasteiger partial charge in [0.25, 0.3) is 0 Å². The summed E-state index contributed by atoms with van der Waals surface area (Å²) in [6.07, 6.45) is 3.79. The molecule has 4 heteroatoms. The third-order valence-corrected chi connectivity index (χ3v) is 3.04. The minimum atomic E-state index is 0.644. The second kappa shape index (κ2) is 3.84. The molecule has 0 unspecified atom stereocenters. The smallest absolute Gasteiger partial charge is 0.178 e. The number of hydrogen-bond acceptors (Lipinski definition) is 3. The van der Waals surface area contributed by atoms with Crippen LogP contribution in [0.4, 0.5) is 5.69 Å². The van der Waals surface area contributed by atoms with Crippen molar-refractivity contribution in [3.8, 4) is 11.1 Å². The summed E-state index contributed by atoms with van der Waals surface area (Å²) in [6.45, 7) is 3.96. The third-order valence-electron chi connectivity index (χ3n) is 3.04. The van der Waals surface area contributed by atoms with Crippen LogP contribution in [0.2, 0.25) is 0 Å². The van der Waals surface area contributed by atoms with Gasteiger partial charge in [-0.15, -0.1) is 0 Å². The molecule has 0 bridgehead atoms. The van der Waals surface area contributed by atoms with Crippen molar-refractivity contribution in [1.29, 1.82) is 0 Å². The number of hydrogen-bond donors (Lipinski definition) is 1. The Labute approximate surface area is 105 Å². The number of nitrogens with two attached hydrogens (primary N) is 1. The molecule has 3 aromatic rings. The van der Waals surface area contributed by atoms with Gasteiger partial charge < -0.3 is 5.73 Å². The largest absolute Gasteiger partial charge is 0.394 e. The van der Waals surface area contributed by atoms with E-state index >= 15 is 0 Å². The highest BCUT2D eigenvalue weighted by Crippen LogP contribution is 2.22. The SMILES string of the molecule is Cc1cccc(-c2cnc3c(N)c(C)nn3c2)c1. The molecule has 0 fully saturated rings. The Morgan fingerprint density at radius 1 is 1.17 bits per heavy atom. The molecule has 2 heterocycles. The molecule has 90 valence electrons. The number of benzene rings is 1. The summed E-state index contributed by atoms with van der Waals surface area (Å²) < 4.78 is 1.74. The molecular weight excluding hydrogens is 224 g/mol. The molecular formula is C14H14N4. The molecule has 1 aromatic carbocycles. The van der Waals surface area contributed by atoms with Crippen molar-refractivity contribution < 1.29 is 0 Å². The lowest BCUT2D eigenvalue weighted by Gasteiger charge is -2.03. The average Bonchev–Trinajstić information content (AvgIpc) is 2.65. The Balaban J connectivity index is 2.19. The first-order valence-electron chi connectivity index (χ1n) is 5.82. The summed E-state index contributed by atoms with van der Waals surface area (Å²) >= 11 is 0. The topological polar surface area (TPSA) is 56.2 Å². The maximum atomic E-state index is 5.91. The molecule has 0 atom stereocenters. The first-order chi connectivity index (χ1) is 8.65. The van der Waals surface area contributed by atoms with E-state index < -0.39 is 0 Å². The zero-order valence-electron chi connectivity index (χ0n) is 10.4. The number of nitrogen functional groups attached to an aromatic ring is 1. The van der Waals surface area contributed by atoms with Crippen molar-refractivity contribution in [3.63, 3.8) is 0 Å². The number of aryl methyl sites for hydroxylation is 2. The normalized spacial score (nSPS) is 11.0. The first-order valence-corrected chi connectivity index (χ1v) is 5.82. The monoisotopic (exact) mass is 238 g/mol. The molecule has 0 saturated carbocycles. The highest BCUT2D eigenvalue weighted by atomic mass is 15.3. The molecule has 0 spiro atoms. The van der Waals surface area contributed by atoms with E-state index in [2.05, 4.69) is 35.2 Å². The predicted octanol–water partition coefficient (Wildman–Crippen LogP) is 2.60. The molecule has 2 aromatic heterocycles. The summed E-state index contributed by atoms with van der Waals surface area (Å²) in [5.74, 6) is 0. The van der Waals surface area contributed by atoms with Crippen LogP contribution in [0.25, 0.3) is 16.8 Å². The van der Waals surface area contributed by atoms with E-state index in [1.165, 1.54) is 5.56 Å². The molecule has 18 heavy (non-hydrogen) atoms. The Hall–Kier alpha value is -2.36. The zero-order chi connectivity index (χ0) is 12.7. The van der Waals surface area contributed by atoms with Gasteiger partial charge in [0.1, 0.15) is 5.69 Å². The van der Waals surface area contributed by atoms with Gasteiger partial charge in [0.2, 0.25) is 0 Å². The van der Waals surface area contributed by atoms with Crippen LogP contribution in [-0.2, 0) is 0 Å². The molecule has 0 aliphatic rings. The maximum Gasteiger partial charge on any atom is 0.178 e. The van der Waals surface area contributed by atoms with Crippen molar-refractivity contribution in [3.05, 3.63) is 47.9 Å². The van der Waals surface area contributed by atoms with Gasteiger partial charge in [-0.2, -0.15) is 5.10 Å². The van der Waals surface area contributed by atoms with Crippen LogP contribution in [0, 0.1) is 13.8 Å². The fourth-order valence-corrected chi connectivity index (χ4v) is 2.04. The Morgan fingerprint density at radius 2 is 2.00 bits per heavy atom. The average molecular weight is 238 g/mol. The molecule has 0 amide bonds. The minimum absolute atomic E-state index is 0.644. The maximum absolute atomic E-state index is 5.91. The number of aromatic nitrogens is 3. The Kier molecular flexibility index (Phi) is 2.30. The van der Waals surface area contributed by atoms with E-state index in [0.29, 0.717) is 11.3 Å². The summed E-state index contributed by atoms with van der Waals surface area (Å²) in [6, 6.07) is 8.31. The van der Waals surface area contributed by atoms with Gasteiger partial charge in [-0.05, 0) is 19.4 Å². The standard InChI is InChI=1S/C14H14N4/c1-9-4-3-5-11(6-9)12-7-16-14-13(15)10(2)17-18(14)8-12/h3-8H,15H2,1-2H3. The first kappa shape index (κ1) is 10.8. The molecule has 0 radical (unpaired) electrons. The lowest BCUT2D eigenvalue weighted by molar-refractivity contribution is 0.919. The molecule has 0 aliphatic heterocycles. The van der Waals surface area contributed by atoms with Gasteiger partial charge in [0.15, 0.2) is 5.65 Å². The third kappa shape index (κ3) is 1.62. The minimum Gasteiger partial charge on any atom is -0.394 e. The lowest BCUT2D eigenvalue weighted by Crippen LogP contribution is -1.93. The molecule has 4 nitrogen and oxygen atoms in total. The zero-order valence-corrected chi connectivity index (χ0v) is 10.4. The highest BCUT2D eigenvalue weighted by Gasteiger charge is 2.08. The van der Waals surface area contributed by atoms with Crippen LogP contribution in [-0.4, -0.2) is 14.6 Å². The summed E-state index contributed by atoms with van der Waals surface area (Å²) in [5, 5.41) is 4.35. The molecule has 0 aliphatic carbocycles. The van der Waals surface area contributed by atoms with Crippen molar-refractivity contribution in [1.82, 2.24) is 14.6 Å². The molecule has 2 N–H and O–H groups in total. The number of fused-ring (bicyclic) bond motifs is 1. The van der Waals surface area contributed by atoms with E-state index in [0.717, 1.165) is 16.8 Å². The van der Waals surface area contributed by atoms with E-state index in [4.69, 9.17) is 5.73 Å². The lowest BCUT2D eigenvalue weighted by atomic mass is 10.1. The van der Waals surface area contributed by atoms with Crippen molar-refractivity contribution >= 4 is 11.3 Å². The number of anilines is 1. The van der Waals surface area contributed by atoms with E-state index in [9.17, 15) is 0 Å². The second-order valence-corrected chi connectivity index (χ2v) is 4.48. The van der Waals surface area contributed by atoms with Crippen molar-refractivity contribution in [2.45, 2.75) is 13.8 Å². The number of rotatable bonds is 1. The summed E-state index contributed by atoms with van der Waals surface area (Å²) in [4.78, 5) is 4.38. The highest BCUT2D eigenvalue weighted by molar-refractivity contribution is 5.70. The van der Waals surface area contributed by atoms with Crippen LogP contribution in [0.1, 0.15) is 11.3 Å². The van der Waals surface area contributed by atoms with Crippen LogP contribution >= 0.6 is 0 Å². The van der Waals surface area contributed by atoms with Crippen LogP contribution in [0.5, 0.6) is 0 Å². The molecule has 0 saturated heterocycles. The van der Waals surface area contributed by atoms with E-state index in [-0.39, 0.29) is 0 Å². The molecule has 3 rings (SSSR count). The second-order valence-electron chi connectivity index (χ2n) is 4.48. The van der Waals surface area contributed by atoms with Crippen LogP contribution in [0.3, 0.4) is 0 Å². The van der Waals surface area contributed by atoms with E-state index in [1.54, 1.807) is 4.52 Å². The summed E-state index contributed by atoms with van der Waals surface area (Å²) in [5.41, 5.74) is 11.5. The van der Waals surface area contributed by atoms with Crippen LogP contribution in [0.15, 0.2) is 36.7 Å². The van der Waals surface area contributed by atoms with Gasteiger partial charge in [-0.1, -0.05) is 29.8 Å². The van der Waals surface area contributed by atoms with Gasteiger partial charge in [0.05, 0.1) is 5.69 Å². The summed E-state index contributed by atoms with van der Waals surface area (Å²) in [7, 11) is 0. The quantitative estimate of drug-likeness (QED) is 0.709. The van der Waals surface area contributed by atoms with Gasteiger partial charge >= 0.3 is 0 Å². The predicted molar refractivity (Wildman–Crippen MR) is 72.3 cm³/mol. The fraction of sp³-hybridized carbons (Fsp3) is 0.143. The fourth-order valence-electron chi connectivity index (χ4n) is 2.04.